The van der Waals surface area contributed by atoms with Crippen LogP contribution in [0.5, 0.6) is 0 Å². The van der Waals surface area contributed by atoms with Gasteiger partial charge in [-0.1, -0.05) is 25.3 Å². The van der Waals surface area contributed by atoms with E-state index in [-0.39, 0.29) is 11.3 Å². The Hall–Kier alpha value is -1.76. The van der Waals surface area contributed by atoms with E-state index in [2.05, 4.69) is 45.9 Å². The summed E-state index contributed by atoms with van der Waals surface area (Å²) >= 11 is 1.14. The van der Waals surface area contributed by atoms with Crippen molar-refractivity contribution in [1.82, 2.24) is 19.8 Å². The number of H-pyrrole nitrogens is 1. The second kappa shape index (κ2) is 4.25. The molecule has 0 saturated carbocycles. The van der Waals surface area contributed by atoms with Crippen molar-refractivity contribution in [3.8, 4) is 0 Å². The van der Waals surface area contributed by atoms with E-state index in [9.17, 15) is 4.79 Å². The number of carbonyl (C=O) groups excluding carboxylic acids is 1. The van der Waals surface area contributed by atoms with E-state index in [1.54, 1.807) is 5.38 Å². The highest BCUT2D eigenvalue weighted by Gasteiger charge is 2.18. The van der Waals surface area contributed by atoms with Crippen molar-refractivity contribution >= 4 is 23.3 Å². The number of aromatic amines is 1. The van der Waals surface area contributed by atoms with Gasteiger partial charge in [-0.3, -0.25) is 9.89 Å². The lowest BCUT2D eigenvalue weighted by atomic mass is 9.92. The first kappa shape index (κ1) is 11.7. The maximum atomic E-state index is 11.7. The zero-order chi connectivity index (χ0) is 12.5. The predicted molar refractivity (Wildman–Crippen MR) is 65.1 cm³/mol. The molecule has 2 N–H and O–H groups in total. The van der Waals surface area contributed by atoms with Crippen LogP contribution in [0.4, 0.5) is 5.82 Å². The van der Waals surface area contributed by atoms with Gasteiger partial charge in [-0.2, -0.15) is 5.10 Å². The van der Waals surface area contributed by atoms with Crippen LogP contribution in [0.15, 0.2) is 11.4 Å². The van der Waals surface area contributed by atoms with E-state index >= 15 is 0 Å². The summed E-state index contributed by atoms with van der Waals surface area (Å²) in [5, 5.41) is 14.9. The fourth-order valence-electron chi connectivity index (χ4n) is 1.21. The van der Waals surface area contributed by atoms with E-state index in [4.69, 9.17) is 0 Å². The number of carbonyl (C=O) groups is 1. The minimum Gasteiger partial charge on any atom is -0.304 e. The average Bonchev–Trinajstić information content (AvgIpc) is 2.85. The molecule has 0 fully saturated rings. The third kappa shape index (κ3) is 2.68. The molecule has 6 nitrogen and oxygen atoms in total. The van der Waals surface area contributed by atoms with Crippen LogP contribution in [-0.4, -0.2) is 25.7 Å². The summed E-state index contributed by atoms with van der Waals surface area (Å²) in [7, 11) is 0. The summed E-state index contributed by atoms with van der Waals surface area (Å²) < 4.78 is 3.63. The Bertz CT molecular complexity index is 511. The van der Waals surface area contributed by atoms with E-state index in [0.717, 1.165) is 17.2 Å². The summed E-state index contributed by atoms with van der Waals surface area (Å²) in [4.78, 5) is 11.7. The summed E-state index contributed by atoms with van der Waals surface area (Å²) in [6, 6.07) is 1.82. The van der Waals surface area contributed by atoms with E-state index in [1.165, 1.54) is 0 Å². The van der Waals surface area contributed by atoms with E-state index < -0.39 is 0 Å². The third-order valence-corrected chi connectivity index (χ3v) is 2.72. The Balaban J connectivity index is 2.10. The topological polar surface area (TPSA) is 83.6 Å². The van der Waals surface area contributed by atoms with Crippen LogP contribution in [0.1, 0.15) is 37.0 Å². The minimum absolute atomic E-state index is 0.0296. The molecule has 0 aliphatic carbocycles. The van der Waals surface area contributed by atoms with Gasteiger partial charge in [0.1, 0.15) is 0 Å². The SMILES string of the molecule is CC(C)(C)c1cc(NC(=O)c2csnn2)n[nH]1. The normalized spacial score (nSPS) is 11.5. The fourth-order valence-corrected chi connectivity index (χ4v) is 1.65. The molecule has 0 unspecified atom stereocenters. The first-order valence-electron chi connectivity index (χ1n) is 5.11. The molecular weight excluding hydrogens is 238 g/mol. The number of amides is 1. The molecule has 2 rings (SSSR count). The van der Waals surface area contributed by atoms with Gasteiger partial charge >= 0.3 is 0 Å². The zero-order valence-electron chi connectivity index (χ0n) is 9.81. The Morgan fingerprint density at radius 1 is 1.47 bits per heavy atom. The van der Waals surface area contributed by atoms with Crippen molar-refractivity contribution in [1.29, 1.82) is 0 Å². The average molecular weight is 251 g/mol. The van der Waals surface area contributed by atoms with Crippen molar-refractivity contribution < 1.29 is 4.79 Å². The van der Waals surface area contributed by atoms with Gasteiger partial charge in [-0.25, -0.2) is 0 Å². The van der Waals surface area contributed by atoms with Crippen LogP contribution in [0.3, 0.4) is 0 Å². The molecule has 0 aromatic carbocycles. The number of nitrogens with zero attached hydrogens (tertiary/aromatic N) is 3. The van der Waals surface area contributed by atoms with Gasteiger partial charge in [0, 0.05) is 22.6 Å². The third-order valence-electron chi connectivity index (χ3n) is 2.22. The molecule has 0 radical (unpaired) electrons. The van der Waals surface area contributed by atoms with Crippen LogP contribution in [0, 0.1) is 0 Å². The Kier molecular flexibility index (Phi) is 2.93. The highest BCUT2D eigenvalue weighted by atomic mass is 32.1. The number of hydrogen-bond acceptors (Lipinski definition) is 5. The van der Waals surface area contributed by atoms with Gasteiger partial charge in [-0.15, -0.1) is 5.10 Å². The molecule has 2 aromatic rings. The second-order valence-corrected chi connectivity index (χ2v) is 5.27. The summed E-state index contributed by atoms with van der Waals surface area (Å²) in [5.74, 6) is 0.193. The first-order valence-corrected chi connectivity index (χ1v) is 5.95. The molecule has 1 amide bonds. The molecule has 90 valence electrons. The predicted octanol–water partition coefficient (Wildman–Crippen LogP) is 1.81. The molecule has 7 heteroatoms. The van der Waals surface area contributed by atoms with Crippen LogP contribution < -0.4 is 5.32 Å². The quantitative estimate of drug-likeness (QED) is 0.852. The molecule has 2 heterocycles. The van der Waals surface area contributed by atoms with Crippen molar-refractivity contribution in [2.75, 3.05) is 5.32 Å². The molecular formula is C10H13N5OS. The number of anilines is 1. The molecule has 17 heavy (non-hydrogen) atoms. The fraction of sp³-hybridized carbons (Fsp3) is 0.400. The van der Waals surface area contributed by atoms with Gasteiger partial charge in [-0.05, 0) is 11.5 Å². The van der Waals surface area contributed by atoms with Crippen LogP contribution in [-0.2, 0) is 5.41 Å². The van der Waals surface area contributed by atoms with Gasteiger partial charge in [0.2, 0.25) is 0 Å². The molecule has 0 aliphatic heterocycles. The van der Waals surface area contributed by atoms with E-state index in [0.29, 0.717) is 11.5 Å². The Labute approximate surface area is 103 Å². The van der Waals surface area contributed by atoms with Crippen molar-refractivity contribution in [3.63, 3.8) is 0 Å². The lowest BCUT2D eigenvalue weighted by Crippen LogP contribution is -2.13. The summed E-state index contributed by atoms with van der Waals surface area (Å²) in [6.07, 6.45) is 0. The summed E-state index contributed by atoms with van der Waals surface area (Å²) in [6.45, 7) is 6.20. The molecule has 2 aromatic heterocycles. The smallest absolute Gasteiger partial charge is 0.278 e. The Morgan fingerprint density at radius 3 is 2.76 bits per heavy atom. The summed E-state index contributed by atoms with van der Waals surface area (Å²) in [5.41, 5.74) is 1.23. The van der Waals surface area contributed by atoms with Crippen molar-refractivity contribution in [2.24, 2.45) is 0 Å². The monoisotopic (exact) mass is 251 g/mol. The lowest BCUT2D eigenvalue weighted by molar-refractivity contribution is 0.102. The van der Waals surface area contributed by atoms with Gasteiger partial charge in [0.25, 0.3) is 5.91 Å². The van der Waals surface area contributed by atoms with Crippen LogP contribution >= 0.6 is 11.5 Å². The van der Waals surface area contributed by atoms with E-state index in [1.807, 2.05) is 6.07 Å². The Morgan fingerprint density at radius 2 is 2.24 bits per heavy atom. The highest BCUT2D eigenvalue weighted by Crippen LogP contribution is 2.22. The molecule has 0 aliphatic rings. The van der Waals surface area contributed by atoms with Crippen molar-refractivity contribution in [3.05, 3.63) is 22.8 Å². The largest absolute Gasteiger partial charge is 0.304 e. The number of hydrogen-bond donors (Lipinski definition) is 2. The minimum atomic E-state index is -0.300. The van der Waals surface area contributed by atoms with Gasteiger partial charge in [0.05, 0.1) is 0 Å². The highest BCUT2D eigenvalue weighted by molar-refractivity contribution is 7.03. The van der Waals surface area contributed by atoms with Gasteiger partial charge < -0.3 is 5.32 Å². The standard InChI is InChI=1S/C10H13N5OS/c1-10(2,3)7-4-8(14-13-7)11-9(16)6-5-17-15-12-6/h4-5H,1-3H3,(H2,11,13,14,16). The molecule has 0 spiro atoms. The first-order chi connectivity index (χ1) is 7.97. The van der Waals surface area contributed by atoms with Crippen molar-refractivity contribution in [2.45, 2.75) is 26.2 Å². The van der Waals surface area contributed by atoms with Gasteiger partial charge in [0.15, 0.2) is 11.5 Å². The molecule has 0 bridgehead atoms. The van der Waals surface area contributed by atoms with Crippen LogP contribution in [0.25, 0.3) is 0 Å². The zero-order valence-corrected chi connectivity index (χ0v) is 10.6. The molecule has 0 saturated heterocycles. The number of rotatable bonds is 2. The number of nitrogens with one attached hydrogen (secondary N) is 2. The lowest BCUT2D eigenvalue weighted by Gasteiger charge is -2.14. The second-order valence-electron chi connectivity index (χ2n) is 4.66. The van der Waals surface area contributed by atoms with Crippen LogP contribution in [0.2, 0.25) is 0 Å². The number of aromatic nitrogens is 4. The molecule has 0 atom stereocenters. The maximum absolute atomic E-state index is 11.7. The maximum Gasteiger partial charge on any atom is 0.278 e.